The second-order valence-electron chi connectivity index (χ2n) is 9.79. The Morgan fingerprint density at radius 1 is 0.955 bits per heavy atom. The largest absolute Gasteiger partial charge is 0.573 e. The predicted molar refractivity (Wildman–Crippen MR) is 148 cm³/mol. The smallest absolute Gasteiger partial charge is 0.404 e. The van der Waals surface area contributed by atoms with E-state index in [2.05, 4.69) is 19.4 Å². The molecule has 0 saturated carbocycles. The van der Waals surface area contributed by atoms with Crippen LogP contribution in [0.3, 0.4) is 0 Å². The molecule has 3 heterocycles. The van der Waals surface area contributed by atoms with E-state index in [-0.39, 0.29) is 55.7 Å². The number of halogens is 6. The van der Waals surface area contributed by atoms with Crippen molar-refractivity contribution in [2.75, 3.05) is 30.9 Å². The zero-order valence-corrected chi connectivity index (χ0v) is 23.4. The van der Waals surface area contributed by atoms with Gasteiger partial charge in [0.25, 0.3) is 15.9 Å². The van der Waals surface area contributed by atoms with Crippen molar-refractivity contribution in [1.29, 1.82) is 0 Å². The molecule has 0 unspecified atom stereocenters. The summed E-state index contributed by atoms with van der Waals surface area (Å²) >= 11 is 0. The molecular weight excluding hydrogens is 616 g/mol. The molecule has 16 heteroatoms. The summed E-state index contributed by atoms with van der Waals surface area (Å²) < 4.78 is 113. The molecule has 2 aromatic heterocycles. The van der Waals surface area contributed by atoms with Crippen LogP contribution >= 0.6 is 0 Å². The number of anilines is 1. The molecule has 5 rings (SSSR count). The first-order chi connectivity index (χ1) is 20.7. The van der Waals surface area contributed by atoms with E-state index in [0.29, 0.717) is 5.39 Å². The molecule has 4 aromatic rings. The van der Waals surface area contributed by atoms with Crippen molar-refractivity contribution in [3.63, 3.8) is 0 Å². The van der Waals surface area contributed by atoms with Crippen molar-refractivity contribution < 1.29 is 45.7 Å². The SMILES string of the molecule is O=C(c1ccc(NS(=O)(=O)c2cccc3cccnc23)c(OC(F)(F)F)c1)N1CCN(Cc2cnccc2C(F)(F)F)CC1.[HH]. The standard InChI is InChI=1S/C28H23F6N5O4S.H2/c29-27(30,31)21-8-10-35-16-20(21)17-38-11-13-39(14-12-38)26(40)19-6-7-22(23(15-19)43-28(32,33)34)37-44(41,42)24-5-1-3-18-4-2-9-36-25(18)24;/h1-10,15-16,37H,11-14,17H2;1H. The van der Waals surface area contributed by atoms with Gasteiger partial charge in [0, 0.05) is 63.7 Å². The lowest BCUT2D eigenvalue weighted by Crippen LogP contribution is -2.48. The van der Waals surface area contributed by atoms with Gasteiger partial charge in [-0.25, -0.2) is 8.42 Å². The summed E-state index contributed by atoms with van der Waals surface area (Å²) in [6.07, 6.45) is -6.21. The van der Waals surface area contributed by atoms with Crippen molar-refractivity contribution in [3.8, 4) is 5.75 Å². The number of carbonyl (C=O) groups is 1. The second-order valence-corrected chi connectivity index (χ2v) is 11.4. The van der Waals surface area contributed by atoms with Gasteiger partial charge in [-0.05, 0) is 42.0 Å². The average molecular weight is 642 g/mol. The Morgan fingerprint density at radius 3 is 2.39 bits per heavy atom. The van der Waals surface area contributed by atoms with Crippen LogP contribution in [0.5, 0.6) is 5.75 Å². The maximum atomic E-state index is 13.3. The number of para-hydroxylation sites is 1. The molecule has 9 nitrogen and oxygen atoms in total. The summed E-state index contributed by atoms with van der Waals surface area (Å²) in [6.45, 7) is 0.494. The maximum absolute atomic E-state index is 13.3. The molecule has 2 aromatic carbocycles. The first kappa shape index (κ1) is 31.0. The molecule has 0 atom stereocenters. The number of carbonyl (C=O) groups excluding carboxylic acids is 1. The maximum Gasteiger partial charge on any atom is 0.573 e. The highest BCUT2D eigenvalue weighted by Gasteiger charge is 2.35. The quantitative estimate of drug-likeness (QED) is 0.264. The van der Waals surface area contributed by atoms with E-state index in [1.807, 2.05) is 0 Å². The summed E-state index contributed by atoms with van der Waals surface area (Å²) in [7, 11) is -4.45. The van der Waals surface area contributed by atoms with Gasteiger partial charge in [-0.3, -0.25) is 24.4 Å². The van der Waals surface area contributed by atoms with Gasteiger partial charge in [0.05, 0.1) is 16.8 Å². The number of pyridine rings is 2. The zero-order chi connectivity index (χ0) is 31.7. The molecular formula is C28H25F6N5O4S. The molecule has 1 fully saturated rings. The minimum absolute atomic E-state index is 0. The van der Waals surface area contributed by atoms with Crippen molar-refractivity contribution >= 4 is 32.5 Å². The number of hydrogen-bond donors (Lipinski definition) is 1. The van der Waals surface area contributed by atoms with Crippen molar-refractivity contribution in [2.24, 2.45) is 0 Å². The van der Waals surface area contributed by atoms with E-state index in [1.165, 1.54) is 23.2 Å². The predicted octanol–water partition coefficient (Wildman–Crippen LogP) is 5.55. The number of benzene rings is 2. The van der Waals surface area contributed by atoms with Gasteiger partial charge in [-0.15, -0.1) is 13.2 Å². The summed E-state index contributed by atoms with van der Waals surface area (Å²) in [5.74, 6) is -1.61. The number of sulfonamides is 1. The van der Waals surface area contributed by atoms with Crippen LogP contribution in [0.25, 0.3) is 10.9 Å². The van der Waals surface area contributed by atoms with Crippen LogP contribution in [-0.4, -0.2) is 66.6 Å². The lowest BCUT2D eigenvalue weighted by Gasteiger charge is -2.35. The number of nitrogens with zero attached hydrogens (tertiary/aromatic N) is 4. The number of piperazine rings is 1. The van der Waals surface area contributed by atoms with E-state index in [9.17, 15) is 39.6 Å². The minimum atomic E-state index is -5.21. The summed E-state index contributed by atoms with van der Waals surface area (Å²) in [6, 6.07) is 11.4. The Balaban J connectivity index is 0.00000461. The molecule has 1 aliphatic heterocycles. The van der Waals surface area contributed by atoms with Crippen molar-refractivity contribution in [1.82, 2.24) is 19.8 Å². The van der Waals surface area contributed by atoms with Gasteiger partial charge in [-0.1, -0.05) is 18.2 Å². The van der Waals surface area contributed by atoms with Gasteiger partial charge in [-0.2, -0.15) is 13.2 Å². The number of aromatic nitrogens is 2. The Kier molecular flexibility index (Phi) is 8.40. The lowest BCUT2D eigenvalue weighted by molar-refractivity contribution is -0.274. The molecule has 0 spiro atoms. The Labute approximate surface area is 248 Å². The number of amides is 1. The number of nitrogens with one attached hydrogen (secondary N) is 1. The number of rotatable bonds is 7. The molecule has 1 aliphatic rings. The molecule has 1 amide bonds. The second kappa shape index (κ2) is 11.9. The fourth-order valence-electron chi connectivity index (χ4n) is 4.80. The van der Waals surface area contributed by atoms with E-state index in [4.69, 9.17) is 0 Å². The van der Waals surface area contributed by atoms with Crippen molar-refractivity contribution in [3.05, 3.63) is 89.9 Å². The average Bonchev–Trinajstić information content (AvgIpc) is 2.96. The third-order valence-corrected chi connectivity index (χ3v) is 8.24. The Hall–Kier alpha value is -4.44. The molecule has 44 heavy (non-hydrogen) atoms. The van der Waals surface area contributed by atoms with Gasteiger partial charge in [0.1, 0.15) is 4.90 Å². The van der Waals surface area contributed by atoms with Gasteiger partial charge < -0.3 is 9.64 Å². The summed E-state index contributed by atoms with van der Waals surface area (Å²) in [5.41, 5.74) is -1.50. The number of hydrogen-bond acceptors (Lipinski definition) is 7. The zero-order valence-electron chi connectivity index (χ0n) is 22.6. The fraction of sp³-hybridized carbons (Fsp3) is 0.250. The van der Waals surface area contributed by atoms with Crippen LogP contribution in [0.2, 0.25) is 0 Å². The van der Waals surface area contributed by atoms with Gasteiger partial charge in [0.2, 0.25) is 0 Å². The van der Waals surface area contributed by atoms with Crippen LogP contribution in [-0.2, 0) is 22.7 Å². The summed E-state index contributed by atoms with van der Waals surface area (Å²) in [5, 5.41) is 0.490. The molecule has 1 saturated heterocycles. The monoisotopic (exact) mass is 641 g/mol. The number of alkyl halides is 6. The summed E-state index contributed by atoms with van der Waals surface area (Å²) in [4.78, 5) is 23.8. The highest BCUT2D eigenvalue weighted by molar-refractivity contribution is 7.93. The van der Waals surface area contributed by atoms with Crippen LogP contribution in [0.4, 0.5) is 32.0 Å². The van der Waals surface area contributed by atoms with Crippen LogP contribution in [0.15, 0.2) is 78.1 Å². The fourth-order valence-corrected chi connectivity index (χ4v) is 6.05. The lowest BCUT2D eigenvalue weighted by atomic mass is 10.1. The van der Waals surface area contributed by atoms with Crippen molar-refractivity contribution in [2.45, 2.75) is 24.0 Å². The molecule has 1 N–H and O–H groups in total. The van der Waals surface area contributed by atoms with Crippen LogP contribution < -0.4 is 9.46 Å². The highest BCUT2D eigenvalue weighted by atomic mass is 32.2. The topological polar surface area (TPSA) is 105 Å². The van der Waals surface area contributed by atoms with Crippen LogP contribution in [0.1, 0.15) is 22.9 Å². The van der Waals surface area contributed by atoms with E-state index >= 15 is 0 Å². The van der Waals surface area contributed by atoms with Crippen LogP contribution in [0, 0.1) is 0 Å². The van der Waals surface area contributed by atoms with Gasteiger partial charge >= 0.3 is 12.5 Å². The Bertz CT molecular complexity index is 1790. The third kappa shape index (κ3) is 7.02. The highest BCUT2D eigenvalue weighted by Crippen LogP contribution is 2.35. The van der Waals surface area contributed by atoms with E-state index in [1.54, 1.807) is 23.1 Å². The third-order valence-electron chi connectivity index (χ3n) is 6.85. The first-order valence-corrected chi connectivity index (χ1v) is 14.5. The molecule has 0 bridgehead atoms. The Morgan fingerprint density at radius 2 is 1.68 bits per heavy atom. The minimum Gasteiger partial charge on any atom is -0.404 e. The normalized spacial score (nSPS) is 14.9. The number of fused-ring (bicyclic) bond motifs is 1. The molecule has 0 aliphatic carbocycles. The number of ether oxygens (including phenoxy) is 1. The van der Waals surface area contributed by atoms with E-state index in [0.717, 1.165) is 36.7 Å². The molecule has 0 radical (unpaired) electrons. The molecule has 234 valence electrons. The van der Waals surface area contributed by atoms with Gasteiger partial charge in [0.15, 0.2) is 5.75 Å². The van der Waals surface area contributed by atoms with E-state index < -0.39 is 45.5 Å². The first-order valence-electron chi connectivity index (χ1n) is 13.0.